The van der Waals surface area contributed by atoms with Crippen molar-refractivity contribution in [2.24, 2.45) is 0 Å². The Kier molecular flexibility index (Phi) is 18.1. The number of carbonyl (C=O) groups excluding carboxylic acids is 4. The molecular formula is C36H52F3N11O8S. The number of carbonyl (C=O) groups is 4. The number of pyridine rings is 1. The Labute approximate surface area is 344 Å². The number of hydrogen-bond acceptors (Lipinski definition) is 16. The van der Waals surface area contributed by atoms with Crippen molar-refractivity contribution in [2.45, 2.75) is 49.2 Å². The second-order valence-electron chi connectivity index (χ2n) is 13.7. The van der Waals surface area contributed by atoms with Gasteiger partial charge in [0.1, 0.15) is 19.0 Å². The van der Waals surface area contributed by atoms with Gasteiger partial charge >= 0.3 is 6.18 Å². The molecular weight excluding hydrogens is 804 g/mol. The Bertz CT molecular complexity index is 1650. The number of morpholine rings is 2. The summed E-state index contributed by atoms with van der Waals surface area (Å²) >= 11 is 1.82. The lowest BCUT2D eigenvalue weighted by Gasteiger charge is -2.30. The van der Waals surface area contributed by atoms with Gasteiger partial charge in [-0.2, -0.15) is 39.9 Å². The average Bonchev–Trinajstić information content (AvgIpc) is 3.63. The third-order valence-electron chi connectivity index (χ3n) is 9.62. The molecule has 3 fully saturated rings. The number of thioether (sulfide) groups is 1. The van der Waals surface area contributed by atoms with E-state index in [0.29, 0.717) is 70.7 Å². The zero-order chi connectivity index (χ0) is 42.0. The molecule has 59 heavy (non-hydrogen) atoms. The molecule has 3 saturated heterocycles. The van der Waals surface area contributed by atoms with Crippen LogP contribution in [0.3, 0.4) is 0 Å². The summed E-state index contributed by atoms with van der Waals surface area (Å²) in [6, 6.07) is 1.02. The number of halogens is 3. The quantitative estimate of drug-likeness (QED) is 0.0789. The van der Waals surface area contributed by atoms with E-state index in [1.54, 1.807) is 0 Å². The summed E-state index contributed by atoms with van der Waals surface area (Å²) in [7, 11) is 1.88. The van der Waals surface area contributed by atoms with Gasteiger partial charge in [0, 0.05) is 68.9 Å². The second kappa shape index (κ2) is 23.4. The van der Waals surface area contributed by atoms with Crippen molar-refractivity contribution in [2.75, 3.05) is 120 Å². The van der Waals surface area contributed by atoms with Gasteiger partial charge in [0.2, 0.25) is 30.1 Å². The SMILES string of the molecule is CN[C@H]1CS[C@@H](CCCCC(=O)NCCNC(=O)COCCOCC(=O)Nc2cc(C(F)(F)F)c(-c3nc(N4CCOCC4)nc(N4CCOCC4)n3)cn2)[C@H]1NC=O. The monoisotopic (exact) mass is 855 g/mol. The minimum Gasteiger partial charge on any atom is -0.378 e. The molecule has 2 aromatic rings. The number of amides is 4. The van der Waals surface area contributed by atoms with E-state index >= 15 is 0 Å². The number of aromatic nitrogens is 4. The Hall–Kier alpha value is -4.42. The van der Waals surface area contributed by atoms with Crippen LogP contribution in [0.4, 0.5) is 30.9 Å². The Morgan fingerprint density at radius 1 is 0.898 bits per heavy atom. The number of likely N-dealkylation sites (N-methyl/N-ethyl adjacent to an activating group) is 1. The summed E-state index contributed by atoms with van der Waals surface area (Å²) in [6.45, 7) is 3.06. The topological polar surface area (TPSA) is 223 Å². The van der Waals surface area contributed by atoms with Gasteiger partial charge in [-0.3, -0.25) is 19.2 Å². The van der Waals surface area contributed by atoms with E-state index in [0.717, 1.165) is 37.3 Å². The molecule has 0 bridgehead atoms. The first-order chi connectivity index (χ1) is 28.5. The van der Waals surface area contributed by atoms with Crippen LogP contribution in [0.1, 0.15) is 31.2 Å². The van der Waals surface area contributed by atoms with Gasteiger partial charge in [-0.25, -0.2) is 4.98 Å². The second-order valence-corrected chi connectivity index (χ2v) is 15.0. The van der Waals surface area contributed by atoms with E-state index < -0.39 is 30.2 Å². The van der Waals surface area contributed by atoms with Crippen LogP contribution < -0.4 is 36.4 Å². The molecule has 3 aliphatic rings. The molecule has 0 radical (unpaired) electrons. The third-order valence-corrected chi connectivity index (χ3v) is 11.1. The van der Waals surface area contributed by atoms with Crippen molar-refractivity contribution < 1.29 is 51.3 Å². The van der Waals surface area contributed by atoms with Crippen LogP contribution in [-0.2, 0) is 44.3 Å². The fourth-order valence-corrected chi connectivity index (χ4v) is 8.18. The van der Waals surface area contributed by atoms with E-state index in [2.05, 4.69) is 46.5 Å². The number of alkyl halides is 3. The molecule has 0 unspecified atom stereocenters. The highest BCUT2D eigenvalue weighted by Crippen LogP contribution is 2.38. The van der Waals surface area contributed by atoms with Gasteiger partial charge in [-0.15, -0.1) is 0 Å². The summed E-state index contributed by atoms with van der Waals surface area (Å²) in [6.07, 6.45) is -0.313. The summed E-state index contributed by atoms with van der Waals surface area (Å²) in [5.41, 5.74) is -1.47. The molecule has 23 heteroatoms. The Morgan fingerprint density at radius 3 is 2.10 bits per heavy atom. The van der Waals surface area contributed by atoms with Crippen LogP contribution in [0.5, 0.6) is 0 Å². The normalized spacial score (nSPS) is 19.6. The average molecular weight is 856 g/mol. The summed E-state index contributed by atoms with van der Waals surface area (Å²) in [4.78, 5) is 68.8. The number of hydrogen-bond donors (Lipinski definition) is 5. The molecule has 0 saturated carbocycles. The Balaban J connectivity index is 0.985. The molecule has 3 atom stereocenters. The minimum atomic E-state index is -4.84. The zero-order valence-electron chi connectivity index (χ0n) is 32.9. The molecule has 2 aromatic heterocycles. The van der Waals surface area contributed by atoms with Crippen LogP contribution >= 0.6 is 11.8 Å². The molecule has 4 amide bonds. The molecule has 326 valence electrons. The van der Waals surface area contributed by atoms with E-state index in [1.165, 1.54) is 0 Å². The first-order valence-electron chi connectivity index (χ1n) is 19.5. The number of anilines is 3. The maximum Gasteiger partial charge on any atom is 0.417 e. The lowest BCUT2D eigenvalue weighted by molar-refractivity contribution is -0.137. The van der Waals surface area contributed by atoms with Crippen LogP contribution in [0.2, 0.25) is 0 Å². The molecule has 19 nitrogen and oxygen atoms in total. The van der Waals surface area contributed by atoms with Gasteiger partial charge in [0.15, 0.2) is 5.82 Å². The first-order valence-corrected chi connectivity index (χ1v) is 20.6. The number of unbranched alkanes of at least 4 members (excludes halogenated alkanes) is 1. The van der Waals surface area contributed by atoms with Crippen molar-refractivity contribution in [3.05, 3.63) is 17.8 Å². The number of nitrogens with zero attached hydrogens (tertiary/aromatic N) is 6. The van der Waals surface area contributed by atoms with E-state index in [1.807, 2.05) is 28.6 Å². The molecule has 0 aromatic carbocycles. The summed E-state index contributed by atoms with van der Waals surface area (Å²) in [5, 5.41) is 14.1. The lowest BCUT2D eigenvalue weighted by Crippen LogP contribution is -2.48. The Morgan fingerprint density at radius 2 is 1.51 bits per heavy atom. The van der Waals surface area contributed by atoms with Gasteiger partial charge in [-0.1, -0.05) is 6.42 Å². The van der Waals surface area contributed by atoms with E-state index in [9.17, 15) is 32.3 Å². The molecule has 3 aliphatic heterocycles. The minimum absolute atomic E-state index is 0.0334. The first kappa shape index (κ1) is 45.7. The third kappa shape index (κ3) is 14.4. The smallest absolute Gasteiger partial charge is 0.378 e. The van der Waals surface area contributed by atoms with E-state index in [4.69, 9.17) is 18.9 Å². The van der Waals surface area contributed by atoms with E-state index in [-0.39, 0.29) is 80.0 Å². The summed E-state index contributed by atoms with van der Waals surface area (Å²) in [5.74, 6) is -0.475. The fraction of sp³-hybridized carbons (Fsp3) is 0.667. The fourth-order valence-electron chi connectivity index (χ4n) is 6.54. The predicted molar refractivity (Wildman–Crippen MR) is 211 cm³/mol. The van der Waals surface area contributed by atoms with Crippen molar-refractivity contribution in [1.82, 2.24) is 41.2 Å². The standard InChI is InChI=1S/C36H52F3N11O8S/c1-40-26-22-59-27(32(26)44-23-51)4-2-3-5-29(52)41-6-7-42-30(53)20-57-16-17-58-21-31(54)45-28-18-25(36(37,38)39)24(19-43-28)33-46-34(49-8-12-55-13-9-49)48-35(47-33)50-10-14-56-15-11-50/h18-19,23,26-27,32,40H,2-17,20-22H2,1H3,(H,41,52)(H,42,53)(H,44,51)(H,43,45,54)/t26-,27-,32-/m0/s1. The van der Waals surface area contributed by atoms with Crippen molar-refractivity contribution in [3.8, 4) is 11.4 Å². The summed E-state index contributed by atoms with van der Waals surface area (Å²) < 4.78 is 64.6. The van der Waals surface area contributed by atoms with Crippen molar-refractivity contribution in [3.63, 3.8) is 0 Å². The van der Waals surface area contributed by atoms with Crippen molar-refractivity contribution in [1.29, 1.82) is 0 Å². The maximum atomic E-state index is 14.4. The highest BCUT2D eigenvalue weighted by Gasteiger charge is 2.37. The highest BCUT2D eigenvalue weighted by molar-refractivity contribution is 8.00. The molecule has 5 heterocycles. The van der Waals surface area contributed by atoms with Gasteiger partial charge in [-0.05, 0) is 26.0 Å². The highest BCUT2D eigenvalue weighted by atomic mass is 32.2. The molecule has 0 aliphatic carbocycles. The van der Waals surface area contributed by atoms with Gasteiger partial charge < -0.3 is 55.3 Å². The van der Waals surface area contributed by atoms with Crippen LogP contribution in [0.15, 0.2) is 12.3 Å². The molecule has 5 rings (SSSR count). The predicted octanol–water partition coefficient (Wildman–Crippen LogP) is 0.208. The number of rotatable bonds is 22. The molecule has 5 N–H and O–H groups in total. The van der Waals surface area contributed by atoms with Crippen LogP contribution in [0.25, 0.3) is 11.4 Å². The zero-order valence-corrected chi connectivity index (χ0v) is 33.7. The number of nitrogens with one attached hydrogen (secondary N) is 5. The number of ether oxygens (including phenoxy) is 4. The lowest BCUT2D eigenvalue weighted by atomic mass is 10.0. The molecule has 0 spiro atoms. The van der Waals surface area contributed by atoms with Crippen LogP contribution in [-0.4, -0.2) is 166 Å². The van der Waals surface area contributed by atoms with Gasteiger partial charge in [0.25, 0.3) is 5.91 Å². The maximum absolute atomic E-state index is 14.4. The van der Waals surface area contributed by atoms with Crippen molar-refractivity contribution >= 4 is 53.6 Å². The van der Waals surface area contributed by atoms with Gasteiger partial charge in [0.05, 0.1) is 56.8 Å². The van der Waals surface area contributed by atoms with Crippen LogP contribution in [0, 0.1) is 0 Å². The largest absolute Gasteiger partial charge is 0.417 e.